The lowest BCUT2D eigenvalue weighted by atomic mass is 9.92. The minimum atomic E-state index is -5.04. The Balaban J connectivity index is 1.74. The molecule has 0 aromatic heterocycles. The summed E-state index contributed by atoms with van der Waals surface area (Å²) in [5, 5.41) is 2.63. The van der Waals surface area contributed by atoms with Gasteiger partial charge in [0.2, 0.25) is 0 Å². The van der Waals surface area contributed by atoms with E-state index in [9.17, 15) is 22.2 Å². The quantitative estimate of drug-likeness (QED) is 0.428. The number of allylic oxidation sites excluding steroid dienone is 2. The molecule has 0 saturated carbocycles. The van der Waals surface area contributed by atoms with Crippen LogP contribution in [0.1, 0.15) is 24.5 Å². The van der Waals surface area contributed by atoms with E-state index in [1.54, 1.807) is 54.6 Å². The van der Waals surface area contributed by atoms with E-state index in [4.69, 9.17) is 23.2 Å². The molecule has 182 valence electrons. The second-order valence-corrected chi connectivity index (χ2v) is 10.1. The third kappa shape index (κ3) is 6.85. The fourth-order valence-electron chi connectivity index (χ4n) is 3.40. The number of urea groups is 1. The van der Waals surface area contributed by atoms with Gasteiger partial charge in [0.05, 0.1) is 15.8 Å². The summed E-state index contributed by atoms with van der Waals surface area (Å²) in [6.45, 7) is 1.96. The van der Waals surface area contributed by atoms with Crippen LogP contribution >= 0.6 is 23.2 Å². The summed E-state index contributed by atoms with van der Waals surface area (Å²) < 4.78 is 55.7. The molecule has 0 saturated heterocycles. The first-order valence-corrected chi connectivity index (χ1v) is 12.2. The number of halogens is 5. The van der Waals surface area contributed by atoms with Crippen LogP contribution in [0.15, 0.2) is 76.3 Å². The van der Waals surface area contributed by atoms with Crippen molar-refractivity contribution in [3.8, 4) is 0 Å². The molecule has 0 heterocycles. The molecule has 11 heteroatoms. The highest BCUT2D eigenvalue weighted by Gasteiger charge is 2.48. The molecule has 2 N–H and O–H groups in total. The SMILES string of the molecule is CCS(=O)c1ccc(CNC(=O)NC2=CC(Cl)=C(c3ccccc3)C(Cl)(OC(F)(F)F)C2)cc1. The van der Waals surface area contributed by atoms with Gasteiger partial charge in [0.1, 0.15) is 0 Å². The molecule has 34 heavy (non-hydrogen) atoms. The van der Waals surface area contributed by atoms with Gasteiger partial charge in [-0.25, -0.2) is 4.79 Å². The van der Waals surface area contributed by atoms with E-state index in [2.05, 4.69) is 15.4 Å². The van der Waals surface area contributed by atoms with Gasteiger partial charge in [-0.1, -0.05) is 72.6 Å². The maximum absolute atomic E-state index is 13.2. The Bertz CT molecular complexity index is 1120. The lowest BCUT2D eigenvalue weighted by Crippen LogP contribution is -2.41. The second-order valence-electron chi connectivity index (χ2n) is 7.30. The molecule has 0 bridgehead atoms. The Kier molecular flexibility index (Phi) is 8.46. The molecule has 2 aromatic carbocycles. The largest absolute Gasteiger partial charge is 0.524 e. The van der Waals surface area contributed by atoms with Crippen molar-refractivity contribution >= 4 is 45.6 Å². The van der Waals surface area contributed by atoms with Gasteiger partial charge in [-0.15, -0.1) is 13.2 Å². The lowest BCUT2D eigenvalue weighted by Gasteiger charge is -2.35. The van der Waals surface area contributed by atoms with Crippen molar-refractivity contribution in [2.24, 2.45) is 0 Å². The van der Waals surface area contributed by atoms with Crippen LogP contribution in [0.4, 0.5) is 18.0 Å². The molecular weight excluding hydrogens is 512 g/mol. The van der Waals surface area contributed by atoms with Crippen LogP contribution in [0.5, 0.6) is 0 Å². The van der Waals surface area contributed by atoms with E-state index in [1.807, 2.05) is 6.92 Å². The summed E-state index contributed by atoms with van der Waals surface area (Å²) in [5.74, 6) is 0.498. The van der Waals surface area contributed by atoms with Crippen LogP contribution in [0, 0.1) is 0 Å². The zero-order chi connectivity index (χ0) is 24.9. The van der Waals surface area contributed by atoms with Gasteiger partial charge in [-0.2, -0.15) is 0 Å². The summed E-state index contributed by atoms with van der Waals surface area (Å²) in [6.07, 6.45) is -4.19. The maximum Gasteiger partial charge on any atom is 0.524 e. The van der Waals surface area contributed by atoms with Gasteiger partial charge in [-0.3, -0.25) is 8.95 Å². The van der Waals surface area contributed by atoms with Gasteiger partial charge < -0.3 is 10.6 Å². The Morgan fingerprint density at radius 2 is 1.79 bits per heavy atom. The highest BCUT2D eigenvalue weighted by Crippen LogP contribution is 2.48. The third-order valence-corrected chi connectivity index (χ3v) is 6.87. The Morgan fingerprint density at radius 3 is 2.38 bits per heavy atom. The molecule has 1 aliphatic rings. The number of nitrogens with one attached hydrogen (secondary N) is 2. The zero-order valence-corrected chi connectivity index (χ0v) is 20.2. The van der Waals surface area contributed by atoms with Crippen LogP contribution in [-0.2, 0) is 22.1 Å². The number of benzene rings is 2. The van der Waals surface area contributed by atoms with E-state index in [0.717, 1.165) is 5.56 Å². The standard InChI is InChI=1S/C23H21Cl2F3N2O3S/c1-2-34(32)18-10-8-15(9-11-18)14-29-21(31)30-17-12-19(24)20(16-6-4-3-5-7-16)22(25,13-17)33-23(26,27)28/h3-12H,2,13-14H2,1H3,(H2,29,30,31). The molecule has 3 rings (SSSR count). The summed E-state index contributed by atoms with van der Waals surface area (Å²) in [4.78, 5) is 13.1. The van der Waals surface area contributed by atoms with Gasteiger partial charge in [0.15, 0.2) is 5.06 Å². The highest BCUT2D eigenvalue weighted by molar-refractivity contribution is 7.85. The second kappa shape index (κ2) is 10.9. The predicted molar refractivity (Wildman–Crippen MR) is 126 cm³/mol. The van der Waals surface area contributed by atoms with E-state index >= 15 is 0 Å². The van der Waals surface area contributed by atoms with Crippen molar-refractivity contribution < 1.29 is 26.9 Å². The highest BCUT2D eigenvalue weighted by atomic mass is 35.5. The van der Waals surface area contributed by atoms with Crippen LogP contribution in [-0.4, -0.2) is 27.4 Å². The van der Waals surface area contributed by atoms with Crippen molar-refractivity contribution in [2.45, 2.75) is 36.2 Å². The number of carbonyl (C=O) groups is 1. The van der Waals surface area contributed by atoms with E-state index in [0.29, 0.717) is 16.2 Å². The fraction of sp³-hybridized carbons (Fsp3) is 0.261. The molecule has 5 nitrogen and oxygen atoms in total. The van der Waals surface area contributed by atoms with Gasteiger partial charge in [-0.05, 0) is 29.3 Å². The fourth-order valence-corrected chi connectivity index (χ4v) is 5.05. The molecule has 0 spiro atoms. The number of amides is 2. The number of ether oxygens (including phenoxy) is 1. The molecular formula is C23H21Cl2F3N2O3S. The number of hydrogen-bond donors (Lipinski definition) is 2. The average molecular weight is 533 g/mol. The average Bonchev–Trinajstić information content (AvgIpc) is 2.76. The first-order chi connectivity index (χ1) is 16.0. The lowest BCUT2D eigenvalue weighted by molar-refractivity contribution is -0.342. The third-order valence-electron chi connectivity index (χ3n) is 4.85. The van der Waals surface area contributed by atoms with Crippen LogP contribution in [0.3, 0.4) is 0 Å². The van der Waals surface area contributed by atoms with Crippen LogP contribution in [0.25, 0.3) is 5.57 Å². The Hall–Kier alpha value is -2.33. The van der Waals surface area contributed by atoms with Crippen molar-refractivity contribution in [3.63, 3.8) is 0 Å². The number of rotatable bonds is 7. The first-order valence-electron chi connectivity index (χ1n) is 10.1. The normalized spacial score (nSPS) is 19.4. The summed E-state index contributed by atoms with van der Waals surface area (Å²) in [7, 11) is -1.08. The summed E-state index contributed by atoms with van der Waals surface area (Å²) in [6, 6.07) is 14.3. The van der Waals surface area contributed by atoms with Gasteiger partial charge >= 0.3 is 12.4 Å². The van der Waals surface area contributed by atoms with Crippen molar-refractivity contribution in [2.75, 3.05) is 5.75 Å². The van der Waals surface area contributed by atoms with Crippen molar-refractivity contribution in [3.05, 3.63) is 82.5 Å². The number of carbonyl (C=O) groups excluding carboxylic acids is 1. The molecule has 2 unspecified atom stereocenters. The maximum atomic E-state index is 13.2. The van der Waals surface area contributed by atoms with Crippen LogP contribution < -0.4 is 10.6 Å². The Morgan fingerprint density at radius 1 is 1.15 bits per heavy atom. The molecule has 0 radical (unpaired) electrons. The molecule has 1 aliphatic carbocycles. The molecule has 2 atom stereocenters. The zero-order valence-electron chi connectivity index (χ0n) is 17.9. The van der Waals surface area contributed by atoms with Crippen molar-refractivity contribution in [1.82, 2.24) is 10.6 Å². The van der Waals surface area contributed by atoms with E-state index in [-0.39, 0.29) is 22.8 Å². The smallest absolute Gasteiger partial charge is 0.334 e. The monoisotopic (exact) mass is 532 g/mol. The van der Waals surface area contributed by atoms with Crippen molar-refractivity contribution in [1.29, 1.82) is 0 Å². The predicted octanol–water partition coefficient (Wildman–Crippen LogP) is 6.02. The minimum Gasteiger partial charge on any atom is -0.334 e. The number of hydrogen-bond acceptors (Lipinski definition) is 3. The summed E-state index contributed by atoms with van der Waals surface area (Å²) >= 11 is 12.6. The van der Waals surface area contributed by atoms with Crippen LogP contribution in [0.2, 0.25) is 0 Å². The van der Waals surface area contributed by atoms with E-state index < -0.39 is 34.7 Å². The molecule has 0 fully saturated rings. The number of alkyl halides is 4. The molecule has 0 aliphatic heterocycles. The minimum absolute atomic E-state index is 0.0510. The topological polar surface area (TPSA) is 67.4 Å². The molecule has 2 aromatic rings. The van der Waals surface area contributed by atoms with E-state index in [1.165, 1.54) is 6.08 Å². The van der Waals surface area contributed by atoms with Gasteiger partial charge in [0.25, 0.3) is 0 Å². The van der Waals surface area contributed by atoms with Gasteiger partial charge in [0, 0.05) is 34.9 Å². The Labute approximate surface area is 207 Å². The first kappa shape index (κ1) is 26.3. The molecule has 2 amide bonds. The summed E-state index contributed by atoms with van der Waals surface area (Å²) in [5.41, 5.74) is 1.11.